The minimum atomic E-state index is -4.42. The minimum Gasteiger partial charge on any atom is -0.394 e. The predicted molar refractivity (Wildman–Crippen MR) is 89.4 cm³/mol. The van der Waals surface area contributed by atoms with Crippen molar-refractivity contribution >= 4 is 17.1 Å². The average Bonchev–Trinajstić information content (AvgIpc) is 2.94. The molecule has 0 bridgehead atoms. The monoisotopic (exact) mass is 370 g/mol. The van der Waals surface area contributed by atoms with Gasteiger partial charge in [-0.2, -0.15) is 13.2 Å². The Morgan fingerprint density at radius 1 is 1.38 bits per heavy atom. The zero-order valence-corrected chi connectivity index (χ0v) is 14.4. The molecule has 1 aliphatic heterocycles. The van der Waals surface area contributed by atoms with Crippen LogP contribution >= 0.6 is 0 Å². The van der Waals surface area contributed by atoms with Crippen molar-refractivity contribution in [2.75, 3.05) is 13.2 Å². The molecule has 1 fully saturated rings. The standard InChI is InChI=1S/C17H21F3N4O2/c1-23-14-6-5-11(17(18,19)20)8-13(14)22-15(23)9-21-16(26)24-7-3-2-4-12(24)10-25/h5-6,8,12,25H,2-4,7,9-10H2,1H3,(H,21,26). The van der Waals surface area contributed by atoms with Gasteiger partial charge in [0.1, 0.15) is 5.82 Å². The van der Waals surface area contributed by atoms with E-state index in [9.17, 15) is 23.1 Å². The number of alkyl halides is 3. The fraction of sp³-hybridized carbons (Fsp3) is 0.529. The first-order chi connectivity index (χ1) is 12.3. The van der Waals surface area contributed by atoms with E-state index in [4.69, 9.17) is 0 Å². The molecule has 2 N–H and O–H groups in total. The number of nitrogens with one attached hydrogen (secondary N) is 1. The van der Waals surface area contributed by atoms with E-state index < -0.39 is 11.7 Å². The van der Waals surface area contributed by atoms with Crippen molar-refractivity contribution in [3.05, 3.63) is 29.6 Å². The molecule has 1 saturated heterocycles. The summed E-state index contributed by atoms with van der Waals surface area (Å²) >= 11 is 0. The summed E-state index contributed by atoms with van der Waals surface area (Å²) < 4.78 is 40.2. The normalized spacial score (nSPS) is 18.3. The van der Waals surface area contributed by atoms with Crippen LogP contribution in [-0.4, -0.2) is 44.8 Å². The van der Waals surface area contributed by atoms with Crippen LogP contribution in [0.25, 0.3) is 11.0 Å². The SMILES string of the molecule is Cn1c(CNC(=O)N2CCCCC2CO)nc2cc(C(F)(F)F)ccc21. The minimum absolute atomic E-state index is 0.0834. The number of nitrogens with zero attached hydrogens (tertiary/aromatic N) is 3. The van der Waals surface area contributed by atoms with Gasteiger partial charge in [0, 0.05) is 13.6 Å². The van der Waals surface area contributed by atoms with Gasteiger partial charge < -0.3 is 19.9 Å². The Bertz CT molecular complexity index is 803. The number of urea groups is 1. The lowest BCUT2D eigenvalue weighted by Gasteiger charge is -2.34. The zero-order chi connectivity index (χ0) is 18.9. The van der Waals surface area contributed by atoms with Gasteiger partial charge in [0.25, 0.3) is 0 Å². The molecule has 3 rings (SSSR count). The van der Waals surface area contributed by atoms with Crippen molar-refractivity contribution in [3.63, 3.8) is 0 Å². The Morgan fingerprint density at radius 2 is 2.15 bits per heavy atom. The van der Waals surface area contributed by atoms with E-state index in [0.717, 1.165) is 31.4 Å². The van der Waals surface area contributed by atoms with Crippen molar-refractivity contribution in [1.82, 2.24) is 19.8 Å². The number of carbonyl (C=O) groups excluding carboxylic acids is 1. The molecule has 1 aromatic carbocycles. The second-order valence-corrected chi connectivity index (χ2v) is 6.47. The third-order valence-electron chi connectivity index (χ3n) is 4.80. The second-order valence-electron chi connectivity index (χ2n) is 6.47. The highest BCUT2D eigenvalue weighted by molar-refractivity contribution is 5.78. The predicted octanol–water partition coefficient (Wildman–Crippen LogP) is 2.65. The number of halogens is 3. The number of aliphatic hydroxyl groups excluding tert-OH is 1. The third kappa shape index (κ3) is 3.62. The Balaban J connectivity index is 1.74. The molecule has 2 aromatic rings. The van der Waals surface area contributed by atoms with E-state index in [-0.39, 0.29) is 30.7 Å². The van der Waals surface area contributed by atoms with Gasteiger partial charge >= 0.3 is 12.2 Å². The zero-order valence-electron chi connectivity index (χ0n) is 14.4. The number of fused-ring (bicyclic) bond motifs is 1. The molecule has 26 heavy (non-hydrogen) atoms. The lowest BCUT2D eigenvalue weighted by atomic mass is 10.0. The van der Waals surface area contributed by atoms with Crippen LogP contribution in [0.4, 0.5) is 18.0 Å². The van der Waals surface area contributed by atoms with Crippen LogP contribution in [0, 0.1) is 0 Å². The topological polar surface area (TPSA) is 70.4 Å². The molecule has 9 heteroatoms. The number of likely N-dealkylation sites (tertiary alicyclic amines) is 1. The molecular weight excluding hydrogens is 349 g/mol. The average molecular weight is 370 g/mol. The lowest BCUT2D eigenvalue weighted by molar-refractivity contribution is -0.137. The molecule has 1 aliphatic rings. The van der Waals surface area contributed by atoms with Crippen LogP contribution in [-0.2, 0) is 19.8 Å². The third-order valence-corrected chi connectivity index (χ3v) is 4.80. The summed E-state index contributed by atoms with van der Waals surface area (Å²) in [6.45, 7) is 0.592. The number of piperidine rings is 1. The van der Waals surface area contributed by atoms with E-state index in [1.165, 1.54) is 6.07 Å². The highest BCUT2D eigenvalue weighted by Crippen LogP contribution is 2.31. The summed E-state index contributed by atoms with van der Waals surface area (Å²) in [5.74, 6) is 0.463. The molecule has 0 radical (unpaired) electrons. The van der Waals surface area contributed by atoms with Gasteiger partial charge in [-0.25, -0.2) is 9.78 Å². The highest BCUT2D eigenvalue weighted by atomic mass is 19.4. The molecule has 1 aromatic heterocycles. The number of aliphatic hydroxyl groups is 1. The second kappa shape index (κ2) is 7.14. The van der Waals surface area contributed by atoms with Crippen LogP contribution in [0.2, 0.25) is 0 Å². The largest absolute Gasteiger partial charge is 0.416 e. The quantitative estimate of drug-likeness (QED) is 0.873. The van der Waals surface area contributed by atoms with Gasteiger partial charge in [-0.15, -0.1) is 0 Å². The van der Waals surface area contributed by atoms with E-state index in [0.29, 0.717) is 17.9 Å². The van der Waals surface area contributed by atoms with Crippen LogP contribution in [0.3, 0.4) is 0 Å². The fourth-order valence-electron chi connectivity index (χ4n) is 3.30. The molecule has 0 saturated carbocycles. The molecule has 6 nitrogen and oxygen atoms in total. The maximum atomic E-state index is 12.8. The van der Waals surface area contributed by atoms with Crippen LogP contribution in [0.5, 0.6) is 0 Å². The Kier molecular flexibility index (Phi) is 5.08. The number of imidazole rings is 1. The van der Waals surface area contributed by atoms with Crippen molar-refractivity contribution in [2.24, 2.45) is 7.05 Å². The van der Waals surface area contributed by atoms with Crippen molar-refractivity contribution in [3.8, 4) is 0 Å². The summed E-state index contributed by atoms with van der Waals surface area (Å²) in [5.41, 5.74) is 0.0454. The molecule has 0 spiro atoms. The molecule has 142 valence electrons. The Morgan fingerprint density at radius 3 is 2.85 bits per heavy atom. The molecule has 0 aliphatic carbocycles. The van der Waals surface area contributed by atoms with Gasteiger partial charge in [0.2, 0.25) is 0 Å². The molecule has 1 unspecified atom stereocenters. The Hall–Kier alpha value is -2.29. The summed E-state index contributed by atoms with van der Waals surface area (Å²) in [5, 5.41) is 12.1. The molecular formula is C17H21F3N4O2. The van der Waals surface area contributed by atoms with Gasteiger partial charge in [-0.1, -0.05) is 0 Å². The number of amides is 2. The molecule has 2 amide bonds. The number of aromatic nitrogens is 2. The maximum absolute atomic E-state index is 12.8. The highest BCUT2D eigenvalue weighted by Gasteiger charge is 2.31. The van der Waals surface area contributed by atoms with E-state index in [2.05, 4.69) is 10.3 Å². The van der Waals surface area contributed by atoms with Crippen LogP contribution in [0.15, 0.2) is 18.2 Å². The smallest absolute Gasteiger partial charge is 0.394 e. The van der Waals surface area contributed by atoms with E-state index in [1.807, 2.05) is 0 Å². The van der Waals surface area contributed by atoms with Gasteiger partial charge in [-0.3, -0.25) is 0 Å². The Labute approximate surface area is 148 Å². The number of benzene rings is 1. The van der Waals surface area contributed by atoms with E-state index in [1.54, 1.807) is 16.5 Å². The number of aryl methyl sites for hydroxylation is 1. The summed E-state index contributed by atoms with van der Waals surface area (Å²) in [6, 6.07) is 2.91. The van der Waals surface area contributed by atoms with Crippen LogP contribution < -0.4 is 5.32 Å². The number of carbonyl (C=O) groups is 1. The first-order valence-electron chi connectivity index (χ1n) is 8.49. The first-order valence-corrected chi connectivity index (χ1v) is 8.49. The van der Waals surface area contributed by atoms with Gasteiger partial charge in [0.15, 0.2) is 0 Å². The molecule has 2 heterocycles. The molecule has 1 atom stereocenters. The number of hydrogen-bond donors (Lipinski definition) is 2. The summed E-state index contributed by atoms with van der Waals surface area (Å²) in [4.78, 5) is 18.2. The maximum Gasteiger partial charge on any atom is 0.416 e. The first kappa shape index (κ1) is 18.5. The van der Waals surface area contributed by atoms with Crippen molar-refractivity contribution in [2.45, 2.75) is 38.0 Å². The number of rotatable bonds is 3. The number of hydrogen-bond acceptors (Lipinski definition) is 3. The van der Waals surface area contributed by atoms with Crippen molar-refractivity contribution < 1.29 is 23.1 Å². The van der Waals surface area contributed by atoms with Gasteiger partial charge in [0.05, 0.1) is 35.8 Å². The van der Waals surface area contributed by atoms with Gasteiger partial charge in [-0.05, 0) is 37.5 Å². The van der Waals surface area contributed by atoms with Crippen molar-refractivity contribution in [1.29, 1.82) is 0 Å². The lowest BCUT2D eigenvalue weighted by Crippen LogP contribution is -2.50. The summed E-state index contributed by atoms with van der Waals surface area (Å²) in [7, 11) is 1.70. The van der Waals surface area contributed by atoms with Crippen LogP contribution in [0.1, 0.15) is 30.7 Å². The fourth-order valence-corrected chi connectivity index (χ4v) is 3.30. The summed E-state index contributed by atoms with van der Waals surface area (Å²) in [6.07, 6.45) is -1.80. The van der Waals surface area contributed by atoms with E-state index >= 15 is 0 Å².